The fraction of sp³-hybridized carbons (Fsp3) is 0.211. The zero-order valence-corrected chi connectivity index (χ0v) is 15.1. The minimum absolute atomic E-state index is 0.115. The SMILES string of the molecule is Cc1ccc2[nH]c(=O)c(CCNS(=O)(=O)Cc3ccc(F)cc3)cc2c1. The molecule has 0 atom stereocenters. The Morgan fingerprint density at radius 2 is 1.81 bits per heavy atom. The highest BCUT2D eigenvalue weighted by Crippen LogP contribution is 2.13. The molecule has 0 spiro atoms. The van der Waals surface area contributed by atoms with Crippen molar-refractivity contribution in [1.29, 1.82) is 0 Å². The highest BCUT2D eigenvalue weighted by molar-refractivity contribution is 7.88. The summed E-state index contributed by atoms with van der Waals surface area (Å²) in [4.78, 5) is 14.9. The predicted molar refractivity (Wildman–Crippen MR) is 100 cm³/mol. The Hall–Kier alpha value is -2.51. The first-order valence-corrected chi connectivity index (χ1v) is 9.82. The first-order valence-electron chi connectivity index (χ1n) is 8.17. The second-order valence-electron chi connectivity index (χ2n) is 6.24. The molecular weight excluding hydrogens is 355 g/mol. The number of rotatable bonds is 6. The second-order valence-corrected chi connectivity index (χ2v) is 8.05. The third-order valence-electron chi connectivity index (χ3n) is 4.06. The van der Waals surface area contributed by atoms with Crippen molar-refractivity contribution in [3.05, 3.63) is 81.4 Å². The Labute approximate surface area is 150 Å². The van der Waals surface area contributed by atoms with Gasteiger partial charge in [-0.25, -0.2) is 17.5 Å². The van der Waals surface area contributed by atoms with Gasteiger partial charge in [-0.2, -0.15) is 0 Å². The van der Waals surface area contributed by atoms with Gasteiger partial charge in [0.15, 0.2) is 0 Å². The molecule has 0 unspecified atom stereocenters. The molecule has 0 fully saturated rings. The van der Waals surface area contributed by atoms with Gasteiger partial charge >= 0.3 is 0 Å². The summed E-state index contributed by atoms with van der Waals surface area (Å²) in [5, 5.41) is 0.911. The Bertz CT molecular complexity index is 1090. The van der Waals surface area contributed by atoms with Crippen molar-refractivity contribution in [2.75, 3.05) is 6.54 Å². The molecule has 0 amide bonds. The van der Waals surface area contributed by atoms with E-state index in [4.69, 9.17) is 0 Å². The third kappa shape index (κ3) is 4.56. The normalized spacial score (nSPS) is 11.8. The number of fused-ring (bicyclic) bond motifs is 1. The molecule has 2 aromatic carbocycles. The van der Waals surface area contributed by atoms with Crippen molar-refractivity contribution >= 4 is 20.9 Å². The van der Waals surface area contributed by atoms with Crippen LogP contribution in [0.25, 0.3) is 10.9 Å². The largest absolute Gasteiger partial charge is 0.322 e. The number of nitrogens with one attached hydrogen (secondary N) is 2. The van der Waals surface area contributed by atoms with Crippen LogP contribution in [-0.4, -0.2) is 19.9 Å². The van der Waals surface area contributed by atoms with E-state index in [-0.39, 0.29) is 24.3 Å². The highest BCUT2D eigenvalue weighted by atomic mass is 32.2. The molecule has 0 bridgehead atoms. The summed E-state index contributed by atoms with van der Waals surface area (Å²) < 4.78 is 39.6. The minimum atomic E-state index is -3.56. The van der Waals surface area contributed by atoms with Gasteiger partial charge in [0.2, 0.25) is 10.0 Å². The highest BCUT2D eigenvalue weighted by Gasteiger charge is 2.12. The smallest absolute Gasteiger partial charge is 0.251 e. The number of aryl methyl sites for hydroxylation is 1. The minimum Gasteiger partial charge on any atom is -0.322 e. The van der Waals surface area contributed by atoms with E-state index in [0.29, 0.717) is 11.1 Å². The van der Waals surface area contributed by atoms with Crippen LogP contribution in [0.5, 0.6) is 0 Å². The van der Waals surface area contributed by atoms with Crippen molar-refractivity contribution in [2.45, 2.75) is 19.1 Å². The first-order chi connectivity index (χ1) is 12.3. The average Bonchev–Trinajstić information content (AvgIpc) is 2.57. The molecule has 1 heterocycles. The van der Waals surface area contributed by atoms with Crippen LogP contribution in [0.4, 0.5) is 4.39 Å². The lowest BCUT2D eigenvalue weighted by atomic mass is 10.1. The maximum atomic E-state index is 12.9. The topological polar surface area (TPSA) is 79.0 Å². The van der Waals surface area contributed by atoms with Crippen LogP contribution in [0, 0.1) is 12.7 Å². The van der Waals surface area contributed by atoms with Crippen LogP contribution in [-0.2, 0) is 22.2 Å². The Kier molecular flexibility index (Phi) is 5.20. The lowest BCUT2D eigenvalue weighted by molar-refractivity contribution is 0.580. The van der Waals surface area contributed by atoms with E-state index in [1.807, 2.05) is 25.1 Å². The zero-order chi connectivity index (χ0) is 18.7. The van der Waals surface area contributed by atoms with E-state index in [2.05, 4.69) is 9.71 Å². The summed E-state index contributed by atoms with van der Waals surface area (Å²) in [6.07, 6.45) is 0.280. The number of aromatic amines is 1. The molecule has 3 aromatic rings. The molecular formula is C19H19FN2O3S. The predicted octanol–water partition coefficient (Wildman–Crippen LogP) is 2.64. The maximum Gasteiger partial charge on any atom is 0.251 e. The molecule has 2 N–H and O–H groups in total. The van der Waals surface area contributed by atoms with E-state index < -0.39 is 15.8 Å². The Morgan fingerprint density at radius 3 is 2.54 bits per heavy atom. The van der Waals surface area contributed by atoms with E-state index in [1.54, 1.807) is 6.07 Å². The van der Waals surface area contributed by atoms with E-state index in [9.17, 15) is 17.6 Å². The molecule has 26 heavy (non-hydrogen) atoms. The molecule has 0 aliphatic heterocycles. The van der Waals surface area contributed by atoms with Crippen LogP contribution in [0.2, 0.25) is 0 Å². The third-order valence-corrected chi connectivity index (χ3v) is 5.42. The van der Waals surface area contributed by atoms with Crippen molar-refractivity contribution in [2.24, 2.45) is 0 Å². The molecule has 0 saturated carbocycles. The van der Waals surface area contributed by atoms with Gasteiger partial charge < -0.3 is 4.98 Å². The number of hydrogen-bond donors (Lipinski definition) is 2. The van der Waals surface area contributed by atoms with Crippen molar-refractivity contribution in [3.63, 3.8) is 0 Å². The summed E-state index contributed by atoms with van der Waals surface area (Å²) in [5.41, 5.74) is 2.63. The molecule has 1 aromatic heterocycles. The standard InChI is InChI=1S/C19H19FN2O3S/c1-13-2-7-18-16(10-13)11-15(19(23)22-18)8-9-21-26(24,25)12-14-3-5-17(20)6-4-14/h2-7,10-11,21H,8-9,12H2,1H3,(H,22,23). The van der Waals surface area contributed by atoms with Crippen LogP contribution in [0.3, 0.4) is 0 Å². The van der Waals surface area contributed by atoms with Crippen molar-refractivity contribution in [1.82, 2.24) is 9.71 Å². The Morgan fingerprint density at radius 1 is 1.08 bits per heavy atom. The maximum absolute atomic E-state index is 12.9. The zero-order valence-electron chi connectivity index (χ0n) is 14.3. The van der Waals surface area contributed by atoms with Gasteiger partial charge in [0.1, 0.15) is 5.82 Å². The van der Waals surface area contributed by atoms with Crippen LogP contribution >= 0.6 is 0 Å². The van der Waals surface area contributed by atoms with Gasteiger partial charge in [-0.3, -0.25) is 4.79 Å². The van der Waals surface area contributed by atoms with Gasteiger partial charge in [0.05, 0.1) is 5.75 Å². The number of hydrogen-bond acceptors (Lipinski definition) is 3. The van der Waals surface area contributed by atoms with E-state index in [1.165, 1.54) is 24.3 Å². The fourth-order valence-corrected chi connectivity index (χ4v) is 3.90. The summed E-state index contributed by atoms with van der Waals surface area (Å²) in [6, 6.07) is 12.8. The van der Waals surface area contributed by atoms with Crippen LogP contribution < -0.4 is 10.3 Å². The lowest BCUT2D eigenvalue weighted by Crippen LogP contribution is -2.28. The van der Waals surface area contributed by atoms with Gasteiger partial charge in [-0.05, 0) is 54.6 Å². The molecule has 7 heteroatoms. The molecule has 0 aliphatic rings. The number of halogens is 1. The van der Waals surface area contributed by atoms with Gasteiger partial charge in [-0.1, -0.05) is 23.8 Å². The Balaban J connectivity index is 1.67. The molecule has 0 radical (unpaired) electrons. The summed E-state index contributed by atoms with van der Waals surface area (Å²) in [5.74, 6) is -0.648. The molecule has 5 nitrogen and oxygen atoms in total. The first kappa shape index (κ1) is 18.3. The lowest BCUT2D eigenvalue weighted by Gasteiger charge is -2.08. The van der Waals surface area contributed by atoms with Crippen LogP contribution in [0.15, 0.2) is 53.3 Å². The summed E-state index contributed by atoms with van der Waals surface area (Å²) >= 11 is 0. The summed E-state index contributed by atoms with van der Waals surface area (Å²) in [7, 11) is -3.56. The monoisotopic (exact) mass is 374 g/mol. The van der Waals surface area contributed by atoms with Gasteiger partial charge in [0.25, 0.3) is 5.56 Å². The number of H-pyrrole nitrogens is 1. The molecule has 3 rings (SSSR count). The van der Waals surface area contributed by atoms with E-state index in [0.717, 1.165) is 16.5 Å². The van der Waals surface area contributed by atoms with Crippen molar-refractivity contribution in [3.8, 4) is 0 Å². The number of pyridine rings is 1. The quantitative estimate of drug-likeness (QED) is 0.696. The average molecular weight is 374 g/mol. The number of sulfonamides is 1. The fourth-order valence-electron chi connectivity index (χ4n) is 2.75. The van der Waals surface area contributed by atoms with Crippen molar-refractivity contribution < 1.29 is 12.8 Å². The molecule has 0 aliphatic carbocycles. The summed E-state index contributed by atoms with van der Waals surface area (Å²) in [6.45, 7) is 2.08. The van der Waals surface area contributed by atoms with Crippen LogP contribution in [0.1, 0.15) is 16.7 Å². The second kappa shape index (κ2) is 7.39. The number of aromatic nitrogens is 1. The van der Waals surface area contributed by atoms with E-state index >= 15 is 0 Å². The van der Waals surface area contributed by atoms with Gasteiger partial charge in [0, 0.05) is 17.6 Å². The van der Waals surface area contributed by atoms with Gasteiger partial charge in [-0.15, -0.1) is 0 Å². The molecule has 0 saturated heterocycles. The number of benzene rings is 2. The molecule has 136 valence electrons.